The summed E-state index contributed by atoms with van der Waals surface area (Å²) in [6.07, 6.45) is 16.3. The molecule has 54 heavy (non-hydrogen) atoms. The smallest absolute Gasteiger partial charge is 0.459 e. The zero-order valence-corrected chi connectivity index (χ0v) is 32.6. The van der Waals surface area contributed by atoms with Crippen LogP contribution in [0.4, 0.5) is 10.2 Å². The second-order valence-corrected chi connectivity index (χ2v) is 15.5. The molecule has 4 rings (SSSR count). The number of nitrogens with one attached hydrogen (secondary N) is 1. The molecule has 3 heterocycles. The molecular weight excluding hydrogens is 718 g/mol. The zero-order chi connectivity index (χ0) is 39.1. The molecule has 14 nitrogen and oxygen atoms in total. The van der Waals surface area contributed by atoms with Crippen LogP contribution in [0.5, 0.6) is 5.75 Å². The lowest BCUT2D eigenvalue weighted by Gasteiger charge is -2.31. The van der Waals surface area contributed by atoms with Crippen molar-refractivity contribution in [1.29, 1.82) is 0 Å². The molecule has 0 bridgehead atoms. The molecule has 0 radical (unpaired) electrons. The number of halogens is 1. The van der Waals surface area contributed by atoms with Crippen LogP contribution < -0.4 is 15.3 Å². The Morgan fingerprint density at radius 3 is 2.35 bits per heavy atom. The summed E-state index contributed by atoms with van der Waals surface area (Å²) < 4.78 is 59.4. The zero-order valence-electron chi connectivity index (χ0n) is 31.7. The van der Waals surface area contributed by atoms with Crippen molar-refractivity contribution in [2.45, 2.75) is 141 Å². The van der Waals surface area contributed by atoms with Crippen molar-refractivity contribution in [3.05, 3.63) is 42.7 Å². The van der Waals surface area contributed by atoms with Gasteiger partial charge in [-0.05, 0) is 39.3 Å². The number of rotatable bonds is 23. The van der Waals surface area contributed by atoms with Gasteiger partial charge in [-0.2, -0.15) is 19.4 Å². The van der Waals surface area contributed by atoms with Gasteiger partial charge in [0, 0.05) is 12.8 Å². The summed E-state index contributed by atoms with van der Waals surface area (Å²) in [7, 11) is -4.41. The first-order valence-electron chi connectivity index (χ1n) is 18.9. The van der Waals surface area contributed by atoms with E-state index < -0.39 is 62.4 Å². The Hall–Kier alpha value is -4.09. The number of nitrogens with zero attached hydrogens (tertiary/aromatic N) is 4. The van der Waals surface area contributed by atoms with Crippen LogP contribution in [0.3, 0.4) is 0 Å². The van der Waals surface area contributed by atoms with Gasteiger partial charge in [-0.1, -0.05) is 95.3 Å². The summed E-state index contributed by atoms with van der Waals surface area (Å²) in [5, 5.41) is 2.62. The Morgan fingerprint density at radius 1 is 1.07 bits per heavy atom. The first kappa shape index (κ1) is 42.6. The van der Waals surface area contributed by atoms with Gasteiger partial charge in [0.1, 0.15) is 30.7 Å². The fraction of sp³-hybridized carbons (Fsp3) is 0.605. The van der Waals surface area contributed by atoms with Crippen molar-refractivity contribution in [1.82, 2.24) is 24.6 Å². The van der Waals surface area contributed by atoms with Gasteiger partial charge in [-0.15, -0.1) is 6.42 Å². The maximum atomic E-state index is 14.3. The molecule has 1 aliphatic rings. The van der Waals surface area contributed by atoms with Gasteiger partial charge in [-0.25, -0.2) is 9.55 Å². The lowest BCUT2D eigenvalue weighted by atomic mass is 9.98. The quantitative estimate of drug-likeness (QED) is 0.0317. The van der Waals surface area contributed by atoms with Crippen LogP contribution >= 0.6 is 7.75 Å². The number of para-hydroxylation sites is 1. The molecule has 2 aromatic heterocycles. The minimum atomic E-state index is -4.41. The van der Waals surface area contributed by atoms with E-state index in [9.17, 15) is 18.5 Å². The van der Waals surface area contributed by atoms with Crippen LogP contribution in [-0.2, 0) is 32.9 Å². The molecule has 16 heteroatoms. The first-order chi connectivity index (χ1) is 25.9. The number of hydrogen-bond acceptors (Lipinski definition) is 12. The minimum absolute atomic E-state index is 0.0249. The van der Waals surface area contributed by atoms with E-state index in [1.165, 1.54) is 62.8 Å². The normalized spacial score (nSPS) is 20.0. The molecule has 3 N–H and O–H groups in total. The number of terminal acetylenes is 1. The molecule has 0 spiro atoms. The number of imidazole rings is 1. The van der Waals surface area contributed by atoms with Crippen LogP contribution in [0.2, 0.25) is 0 Å². The molecule has 0 saturated carbocycles. The van der Waals surface area contributed by atoms with Gasteiger partial charge >= 0.3 is 25.8 Å². The lowest BCUT2D eigenvalue weighted by Crippen LogP contribution is -2.45. The highest BCUT2D eigenvalue weighted by atomic mass is 31.2. The number of hydrogen-bond donors (Lipinski definition) is 2. The average Bonchev–Trinajstić information content (AvgIpc) is 3.71. The van der Waals surface area contributed by atoms with E-state index in [0.717, 1.165) is 19.3 Å². The Morgan fingerprint density at radius 2 is 1.72 bits per heavy atom. The van der Waals surface area contributed by atoms with E-state index in [-0.39, 0.29) is 35.6 Å². The molecule has 0 aliphatic carbocycles. The van der Waals surface area contributed by atoms with Gasteiger partial charge < -0.3 is 24.5 Å². The van der Waals surface area contributed by atoms with Crippen molar-refractivity contribution >= 4 is 36.7 Å². The van der Waals surface area contributed by atoms with E-state index in [1.807, 2.05) is 0 Å². The highest BCUT2D eigenvalue weighted by molar-refractivity contribution is 7.52. The number of fused-ring (bicyclic) bond motifs is 1. The number of nitrogen functional groups attached to an aromatic ring is 1. The maximum Gasteiger partial charge on any atom is 0.459 e. The monoisotopic (exact) mass is 772 g/mol. The Balaban J connectivity index is 1.50. The molecular formula is C38H54FN6O8P. The number of benzene rings is 1. The number of unbranched alkanes of at least 4 members (excludes halogenated alkanes) is 10. The number of carbonyl (C=O) groups excluding carboxylic acids is 2. The number of aromatic nitrogens is 4. The van der Waals surface area contributed by atoms with Gasteiger partial charge in [0.15, 0.2) is 22.6 Å². The van der Waals surface area contributed by atoms with Crippen LogP contribution in [0, 0.1) is 18.4 Å². The van der Waals surface area contributed by atoms with Crippen LogP contribution in [0.15, 0.2) is 36.7 Å². The lowest BCUT2D eigenvalue weighted by molar-refractivity contribution is -0.158. The van der Waals surface area contributed by atoms with E-state index in [4.69, 9.17) is 35.4 Å². The molecule has 5 atom stereocenters. The van der Waals surface area contributed by atoms with E-state index in [1.54, 1.807) is 44.2 Å². The molecule has 1 saturated heterocycles. The van der Waals surface area contributed by atoms with Crippen LogP contribution in [0.25, 0.3) is 11.2 Å². The molecule has 0 amide bonds. The maximum absolute atomic E-state index is 14.3. The summed E-state index contributed by atoms with van der Waals surface area (Å²) in [5.41, 5.74) is 4.22. The van der Waals surface area contributed by atoms with Gasteiger partial charge in [0.2, 0.25) is 0 Å². The first-order valence-corrected chi connectivity index (χ1v) is 20.4. The molecule has 1 aromatic carbocycles. The Labute approximate surface area is 317 Å². The third kappa shape index (κ3) is 12.2. The van der Waals surface area contributed by atoms with Crippen molar-refractivity contribution in [2.24, 2.45) is 0 Å². The van der Waals surface area contributed by atoms with E-state index in [0.29, 0.717) is 6.42 Å². The second-order valence-electron chi connectivity index (χ2n) is 13.8. The molecule has 3 aromatic rings. The average molecular weight is 773 g/mol. The standard InChI is InChI=1S/C38H54FN6O8P/c1-6-8-9-10-11-12-13-14-15-16-20-23-32(46)51-30-24-31(45-26-41-33-34(40)42-37(39)43-35(33)45)52-38(30,7-2)25-49-54(48,53-29-21-18-17-19-22-29)44-28(5)36(47)50-27(3)4/h2,17-19,21-22,26-28,30-31H,6,8-16,20,23-25H2,1,3-5H3,(H,44,48)(H2,40,42,43)/t28-,30?,31+,38+,54-/m0/s1. The topological polar surface area (TPSA) is 179 Å². The number of esters is 2. The largest absolute Gasteiger partial charge is 0.462 e. The van der Waals surface area contributed by atoms with Crippen molar-refractivity contribution < 1.29 is 41.8 Å². The molecule has 1 aliphatic heterocycles. The van der Waals surface area contributed by atoms with Crippen molar-refractivity contribution in [3.63, 3.8) is 0 Å². The number of carbonyl (C=O) groups is 2. The van der Waals surface area contributed by atoms with Crippen LogP contribution in [-0.4, -0.2) is 61.9 Å². The third-order valence-electron chi connectivity index (χ3n) is 8.99. The Bertz CT molecular complexity index is 1750. The van der Waals surface area contributed by atoms with Crippen molar-refractivity contribution in [3.8, 4) is 18.1 Å². The second kappa shape index (κ2) is 20.6. The SMILES string of the molecule is C#C[C@]1(CO[P@@](=O)(N[C@@H](C)C(=O)OC(C)C)Oc2ccccc2)O[C@@H](n2cnc3c(N)nc(F)nc32)CC1OC(=O)CCCCCCCCCCCCC. The summed E-state index contributed by atoms with van der Waals surface area (Å²) in [5.74, 6) is 1.37. The predicted molar refractivity (Wildman–Crippen MR) is 201 cm³/mol. The van der Waals surface area contributed by atoms with Gasteiger partial charge in [-0.3, -0.25) is 18.7 Å². The summed E-state index contributed by atoms with van der Waals surface area (Å²) >= 11 is 0. The summed E-state index contributed by atoms with van der Waals surface area (Å²) in [6, 6.07) is 7.08. The third-order valence-corrected chi connectivity index (χ3v) is 10.6. The fourth-order valence-corrected chi connectivity index (χ4v) is 7.66. The summed E-state index contributed by atoms with van der Waals surface area (Å²) in [6.45, 7) is 6.42. The fourth-order valence-electron chi connectivity index (χ4n) is 6.14. The highest BCUT2D eigenvalue weighted by Crippen LogP contribution is 2.48. The summed E-state index contributed by atoms with van der Waals surface area (Å²) in [4.78, 5) is 37.6. The molecule has 1 unspecified atom stereocenters. The minimum Gasteiger partial charge on any atom is -0.462 e. The molecule has 1 fully saturated rings. The van der Waals surface area contributed by atoms with Crippen molar-refractivity contribution in [2.75, 3.05) is 12.3 Å². The highest BCUT2D eigenvalue weighted by Gasteiger charge is 2.53. The van der Waals surface area contributed by atoms with Gasteiger partial charge in [0.25, 0.3) is 0 Å². The number of ether oxygens (including phenoxy) is 3. The van der Waals surface area contributed by atoms with E-state index in [2.05, 4.69) is 32.9 Å². The van der Waals surface area contributed by atoms with Gasteiger partial charge in [0.05, 0.1) is 12.4 Å². The van der Waals surface area contributed by atoms with E-state index >= 15 is 0 Å². The molecule has 296 valence electrons. The number of nitrogens with two attached hydrogens (primary N) is 1. The Kier molecular flexibility index (Phi) is 16.2. The van der Waals surface area contributed by atoms with Crippen LogP contribution in [0.1, 0.15) is 117 Å². The predicted octanol–water partition coefficient (Wildman–Crippen LogP) is 7.58. The number of anilines is 1.